The number of amides is 1. The molecule has 1 amide bonds. The molecule has 0 aromatic heterocycles. The van der Waals surface area contributed by atoms with Crippen LogP contribution in [0.2, 0.25) is 0 Å². The first-order chi connectivity index (χ1) is 9.09. The van der Waals surface area contributed by atoms with E-state index >= 15 is 0 Å². The fourth-order valence-corrected chi connectivity index (χ4v) is 2.96. The van der Waals surface area contributed by atoms with Gasteiger partial charge >= 0.3 is 0 Å². The predicted octanol–water partition coefficient (Wildman–Crippen LogP) is 2.87. The fraction of sp³-hybridized carbons (Fsp3) is 0.562. The van der Waals surface area contributed by atoms with E-state index in [4.69, 9.17) is 5.73 Å². The molecule has 1 saturated heterocycles. The molecular weight excluding hydrogens is 236 g/mol. The molecule has 1 aliphatic heterocycles. The lowest BCUT2D eigenvalue weighted by atomic mass is 10.0. The van der Waals surface area contributed by atoms with Gasteiger partial charge in [-0.3, -0.25) is 4.79 Å². The normalized spacial score (nSPS) is 24.5. The molecule has 0 unspecified atom stereocenters. The maximum Gasteiger partial charge on any atom is 0.223 e. The second-order valence-corrected chi connectivity index (χ2v) is 5.63. The van der Waals surface area contributed by atoms with Crippen LogP contribution in [0.1, 0.15) is 51.1 Å². The third kappa shape index (κ3) is 3.35. The van der Waals surface area contributed by atoms with Crippen LogP contribution in [0.15, 0.2) is 30.3 Å². The van der Waals surface area contributed by atoms with Crippen LogP contribution in [-0.2, 0) is 4.79 Å². The number of hydrogen-bond donors (Lipinski definition) is 1. The molecule has 0 bridgehead atoms. The van der Waals surface area contributed by atoms with Crippen molar-refractivity contribution in [2.45, 2.75) is 57.7 Å². The standard InChI is InChI=1S/C16H24N2O/c1-12-8-9-13(2)18(12)16(19)11-10-15(17)14-6-4-3-5-7-14/h3-7,12-13,15H,8-11,17H2,1-2H3/t12-,13-,15-/m1/s1. The molecule has 0 aliphatic carbocycles. The SMILES string of the molecule is C[C@@H]1CC[C@@H](C)N1C(=O)CC[C@@H](N)c1ccccc1. The number of carbonyl (C=O) groups excluding carboxylic acids is 1. The summed E-state index contributed by atoms with van der Waals surface area (Å²) < 4.78 is 0. The van der Waals surface area contributed by atoms with Gasteiger partial charge in [-0.05, 0) is 38.7 Å². The molecule has 3 heteroatoms. The minimum absolute atomic E-state index is 0.0432. The molecule has 3 nitrogen and oxygen atoms in total. The molecule has 1 fully saturated rings. The summed E-state index contributed by atoms with van der Waals surface area (Å²) in [6.07, 6.45) is 3.51. The van der Waals surface area contributed by atoms with Crippen LogP contribution >= 0.6 is 0 Å². The second-order valence-electron chi connectivity index (χ2n) is 5.63. The van der Waals surface area contributed by atoms with Crippen LogP contribution in [0, 0.1) is 0 Å². The Bertz CT molecular complexity index is 408. The van der Waals surface area contributed by atoms with E-state index in [1.54, 1.807) is 0 Å². The summed E-state index contributed by atoms with van der Waals surface area (Å²) in [7, 11) is 0. The van der Waals surface area contributed by atoms with Crippen LogP contribution in [0.25, 0.3) is 0 Å². The van der Waals surface area contributed by atoms with Crippen molar-refractivity contribution in [3.05, 3.63) is 35.9 Å². The highest BCUT2D eigenvalue weighted by molar-refractivity contribution is 5.77. The molecule has 104 valence electrons. The van der Waals surface area contributed by atoms with E-state index in [-0.39, 0.29) is 11.9 Å². The minimum atomic E-state index is -0.0432. The first-order valence-electron chi connectivity index (χ1n) is 7.21. The zero-order valence-electron chi connectivity index (χ0n) is 11.9. The number of rotatable bonds is 4. The minimum Gasteiger partial charge on any atom is -0.337 e. The number of nitrogens with zero attached hydrogens (tertiary/aromatic N) is 1. The Morgan fingerprint density at radius 1 is 1.26 bits per heavy atom. The van der Waals surface area contributed by atoms with Crippen LogP contribution < -0.4 is 5.73 Å². The smallest absolute Gasteiger partial charge is 0.223 e. The van der Waals surface area contributed by atoms with Crippen molar-refractivity contribution in [1.29, 1.82) is 0 Å². The van der Waals surface area contributed by atoms with Crippen molar-refractivity contribution in [3.8, 4) is 0 Å². The molecule has 0 spiro atoms. The van der Waals surface area contributed by atoms with Crippen molar-refractivity contribution in [1.82, 2.24) is 4.90 Å². The molecule has 0 radical (unpaired) electrons. The van der Waals surface area contributed by atoms with Gasteiger partial charge in [0.1, 0.15) is 0 Å². The van der Waals surface area contributed by atoms with Gasteiger partial charge in [0, 0.05) is 24.5 Å². The third-order valence-electron chi connectivity index (χ3n) is 4.14. The number of benzene rings is 1. The second kappa shape index (κ2) is 6.20. The summed E-state index contributed by atoms with van der Waals surface area (Å²) in [5.74, 6) is 0.254. The van der Waals surface area contributed by atoms with Gasteiger partial charge in [0.05, 0.1) is 0 Å². The zero-order valence-corrected chi connectivity index (χ0v) is 11.9. The maximum absolute atomic E-state index is 12.3. The lowest BCUT2D eigenvalue weighted by molar-refractivity contribution is -0.133. The highest BCUT2D eigenvalue weighted by atomic mass is 16.2. The van der Waals surface area contributed by atoms with E-state index in [0.717, 1.165) is 24.8 Å². The molecule has 2 rings (SSSR count). The largest absolute Gasteiger partial charge is 0.337 e. The Balaban J connectivity index is 1.87. The quantitative estimate of drug-likeness (QED) is 0.905. The number of nitrogens with two attached hydrogens (primary N) is 1. The van der Waals surface area contributed by atoms with E-state index in [2.05, 4.69) is 13.8 Å². The lowest BCUT2D eigenvalue weighted by Gasteiger charge is -2.27. The topological polar surface area (TPSA) is 46.3 Å². The van der Waals surface area contributed by atoms with E-state index in [1.165, 1.54) is 0 Å². The third-order valence-corrected chi connectivity index (χ3v) is 4.14. The first kappa shape index (κ1) is 14.1. The molecule has 1 aliphatic rings. The Morgan fingerprint density at radius 3 is 2.42 bits per heavy atom. The van der Waals surface area contributed by atoms with Crippen LogP contribution in [0.3, 0.4) is 0 Å². The molecule has 0 saturated carbocycles. The summed E-state index contributed by atoms with van der Waals surface area (Å²) in [5.41, 5.74) is 7.25. The first-order valence-corrected chi connectivity index (χ1v) is 7.21. The van der Waals surface area contributed by atoms with Crippen LogP contribution in [0.5, 0.6) is 0 Å². The monoisotopic (exact) mass is 260 g/mol. The molecule has 2 N–H and O–H groups in total. The molecule has 1 aromatic carbocycles. The molecule has 1 heterocycles. The van der Waals surface area contributed by atoms with E-state index < -0.39 is 0 Å². The van der Waals surface area contributed by atoms with Crippen molar-refractivity contribution < 1.29 is 4.79 Å². The van der Waals surface area contributed by atoms with E-state index in [1.807, 2.05) is 35.2 Å². The summed E-state index contributed by atoms with van der Waals surface area (Å²) in [6, 6.07) is 10.7. The van der Waals surface area contributed by atoms with E-state index in [0.29, 0.717) is 18.5 Å². The lowest BCUT2D eigenvalue weighted by Crippen LogP contribution is -2.38. The fourth-order valence-electron chi connectivity index (χ4n) is 2.96. The number of carbonyl (C=O) groups is 1. The van der Waals surface area contributed by atoms with Gasteiger partial charge in [-0.1, -0.05) is 30.3 Å². The van der Waals surface area contributed by atoms with Gasteiger partial charge in [0.15, 0.2) is 0 Å². The highest BCUT2D eigenvalue weighted by Gasteiger charge is 2.30. The Kier molecular flexibility index (Phi) is 4.59. The average Bonchev–Trinajstić information content (AvgIpc) is 2.76. The van der Waals surface area contributed by atoms with Crippen molar-refractivity contribution >= 4 is 5.91 Å². The van der Waals surface area contributed by atoms with Gasteiger partial charge in [-0.15, -0.1) is 0 Å². The molecule has 19 heavy (non-hydrogen) atoms. The van der Waals surface area contributed by atoms with Gasteiger partial charge < -0.3 is 10.6 Å². The van der Waals surface area contributed by atoms with Crippen molar-refractivity contribution in [2.24, 2.45) is 5.73 Å². The van der Waals surface area contributed by atoms with Gasteiger partial charge in [0.2, 0.25) is 5.91 Å². The summed E-state index contributed by atoms with van der Waals surface area (Å²) in [6.45, 7) is 4.27. The zero-order chi connectivity index (χ0) is 13.8. The Labute approximate surface area is 115 Å². The highest BCUT2D eigenvalue weighted by Crippen LogP contribution is 2.25. The summed E-state index contributed by atoms with van der Waals surface area (Å²) in [5, 5.41) is 0. The van der Waals surface area contributed by atoms with Crippen LogP contribution in [-0.4, -0.2) is 22.9 Å². The summed E-state index contributed by atoms with van der Waals surface area (Å²) in [4.78, 5) is 14.3. The van der Waals surface area contributed by atoms with Crippen molar-refractivity contribution in [2.75, 3.05) is 0 Å². The Morgan fingerprint density at radius 2 is 1.84 bits per heavy atom. The number of hydrogen-bond acceptors (Lipinski definition) is 2. The van der Waals surface area contributed by atoms with Crippen molar-refractivity contribution in [3.63, 3.8) is 0 Å². The van der Waals surface area contributed by atoms with Crippen LogP contribution in [0.4, 0.5) is 0 Å². The average molecular weight is 260 g/mol. The van der Waals surface area contributed by atoms with Gasteiger partial charge in [-0.25, -0.2) is 0 Å². The van der Waals surface area contributed by atoms with Gasteiger partial charge in [0.25, 0.3) is 0 Å². The predicted molar refractivity (Wildman–Crippen MR) is 77.6 cm³/mol. The van der Waals surface area contributed by atoms with Gasteiger partial charge in [-0.2, -0.15) is 0 Å². The Hall–Kier alpha value is -1.35. The molecule has 3 atom stereocenters. The summed E-state index contributed by atoms with van der Waals surface area (Å²) >= 11 is 0. The maximum atomic E-state index is 12.3. The van der Waals surface area contributed by atoms with E-state index in [9.17, 15) is 4.79 Å². The number of likely N-dealkylation sites (tertiary alicyclic amines) is 1. The molecule has 1 aromatic rings. The molecular formula is C16H24N2O.